The van der Waals surface area contributed by atoms with Crippen LogP contribution in [0.3, 0.4) is 0 Å². The van der Waals surface area contributed by atoms with Gasteiger partial charge < -0.3 is 15.8 Å². The van der Waals surface area contributed by atoms with Crippen LogP contribution in [-0.4, -0.2) is 28.8 Å². The predicted octanol–water partition coefficient (Wildman–Crippen LogP) is -0.763. The molecule has 7 nitrogen and oxygen atoms in total. The van der Waals surface area contributed by atoms with E-state index in [4.69, 9.17) is 10.5 Å². The third kappa shape index (κ3) is 1.82. The zero-order valence-corrected chi connectivity index (χ0v) is 7.77. The second-order valence-electron chi connectivity index (χ2n) is 2.48. The molecule has 0 spiro atoms. The Kier molecular flexibility index (Phi) is 2.70. The molecule has 0 aliphatic carbocycles. The lowest BCUT2D eigenvalue weighted by Gasteiger charge is -2.02. The Morgan fingerprint density at radius 3 is 2.79 bits per heavy atom. The van der Waals surface area contributed by atoms with Gasteiger partial charge in [-0.3, -0.25) is 9.48 Å². The van der Waals surface area contributed by atoms with E-state index in [1.165, 1.54) is 25.0 Å². The first-order valence-electron chi connectivity index (χ1n) is 3.77. The molecule has 1 aromatic rings. The number of nitrogens with two attached hydrogens (primary N) is 1. The first-order valence-corrected chi connectivity index (χ1v) is 3.77. The number of ether oxygens (including phenoxy) is 1. The molecule has 76 valence electrons. The van der Waals surface area contributed by atoms with Gasteiger partial charge in [0.05, 0.1) is 6.20 Å². The molecule has 1 aromatic heterocycles. The van der Waals surface area contributed by atoms with Gasteiger partial charge in [-0.15, -0.1) is 0 Å². The van der Waals surface area contributed by atoms with E-state index in [1.807, 2.05) is 0 Å². The summed E-state index contributed by atoms with van der Waals surface area (Å²) >= 11 is 0. The highest BCUT2D eigenvalue weighted by atomic mass is 16.6. The smallest absolute Gasteiger partial charge is 0.406 e. The molecule has 0 aliphatic rings. The number of rotatable bonds is 2. The Hall–Kier alpha value is -2.05. The van der Waals surface area contributed by atoms with Crippen molar-refractivity contribution in [2.75, 3.05) is 7.05 Å². The molecule has 0 fully saturated rings. The van der Waals surface area contributed by atoms with Crippen molar-refractivity contribution < 1.29 is 14.3 Å². The standard InChI is InChI=1S/C7H10N4O3/c1-9-7(13)14-4-3-10-11(2)5(4)6(8)12/h3H,1-2H3,(H2,8,12)(H,9,13). The molecule has 0 unspecified atom stereocenters. The number of carbonyl (C=O) groups is 2. The zero-order chi connectivity index (χ0) is 10.7. The van der Waals surface area contributed by atoms with Gasteiger partial charge in [0.1, 0.15) is 0 Å². The maximum atomic E-state index is 10.9. The third-order valence-corrected chi connectivity index (χ3v) is 1.55. The van der Waals surface area contributed by atoms with Crippen molar-refractivity contribution in [3.05, 3.63) is 11.9 Å². The van der Waals surface area contributed by atoms with Crippen molar-refractivity contribution in [3.8, 4) is 5.75 Å². The number of hydrogen-bond acceptors (Lipinski definition) is 4. The van der Waals surface area contributed by atoms with E-state index < -0.39 is 12.0 Å². The number of amides is 2. The molecule has 0 atom stereocenters. The monoisotopic (exact) mass is 198 g/mol. The minimum atomic E-state index is -0.705. The zero-order valence-electron chi connectivity index (χ0n) is 7.77. The van der Waals surface area contributed by atoms with Gasteiger partial charge in [0.25, 0.3) is 5.91 Å². The molecule has 0 aliphatic heterocycles. The van der Waals surface area contributed by atoms with Crippen LogP contribution in [-0.2, 0) is 7.05 Å². The molecule has 14 heavy (non-hydrogen) atoms. The number of aryl methyl sites for hydroxylation is 1. The largest absolute Gasteiger partial charge is 0.412 e. The Morgan fingerprint density at radius 1 is 1.64 bits per heavy atom. The van der Waals surface area contributed by atoms with Crippen LogP contribution >= 0.6 is 0 Å². The van der Waals surface area contributed by atoms with Crippen molar-refractivity contribution in [1.29, 1.82) is 0 Å². The summed E-state index contributed by atoms with van der Waals surface area (Å²) in [6.07, 6.45) is 0.565. The highest BCUT2D eigenvalue weighted by Crippen LogP contribution is 2.15. The van der Waals surface area contributed by atoms with Crippen molar-refractivity contribution in [2.24, 2.45) is 12.8 Å². The SMILES string of the molecule is CNC(=O)Oc1cnn(C)c1C(N)=O. The Bertz CT molecular complexity index is 371. The predicted molar refractivity (Wildman–Crippen MR) is 46.8 cm³/mol. The molecule has 1 heterocycles. The molecule has 1 rings (SSSR count). The third-order valence-electron chi connectivity index (χ3n) is 1.55. The van der Waals surface area contributed by atoms with E-state index in [-0.39, 0.29) is 11.4 Å². The highest BCUT2D eigenvalue weighted by Gasteiger charge is 2.17. The van der Waals surface area contributed by atoms with Gasteiger partial charge in [0.15, 0.2) is 11.4 Å². The summed E-state index contributed by atoms with van der Waals surface area (Å²) < 4.78 is 5.98. The number of carbonyl (C=O) groups excluding carboxylic acids is 2. The van der Waals surface area contributed by atoms with Gasteiger partial charge >= 0.3 is 6.09 Å². The van der Waals surface area contributed by atoms with Gasteiger partial charge in [-0.1, -0.05) is 0 Å². The summed E-state index contributed by atoms with van der Waals surface area (Å²) in [6.45, 7) is 0. The maximum absolute atomic E-state index is 10.9. The summed E-state index contributed by atoms with van der Waals surface area (Å²) in [4.78, 5) is 21.8. The molecule has 2 amide bonds. The average Bonchev–Trinajstić information content (AvgIpc) is 2.46. The Labute approximate surface area is 79.8 Å². The minimum Gasteiger partial charge on any atom is -0.406 e. The Morgan fingerprint density at radius 2 is 2.29 bits per heavy atom. The fourth-order valence-corrected chi connectivity index (χ4v) is 0.924. The van der Waals surface area contributed by atoms with Crippen LogP contribution in [0.1, 0.15) is 10.5 Å². The topological polar surface area (TPSA) is 99.2 Å². The summed E-state index contributed by atoms with van der Waals surface area (Å²) in [7, 11) is 2.93. The molecule has 0 saturated heterocycles. The molecule has 7 heteroatoms. The molecule has 0 radical (unpaired) electrons. The van der Waals surface area contributed by atoms with Crippen molar-refractivity contribution in [2.45, 2.75) is 0 Å². The van der Waals surface area contributed by atoms with E-state index in [0.29, 0.717) is 0 Å². The van der Waals surface area contributed by atoms with Gasteiger partial charge in [0, 0.05) is 14.1 Å². The van der Waals surface area contributed by atoms with Crippen molar-refractivity contribution >= 4 is 12.0 Å². The van der Waals surface area contributed by atoms with Crippen LogP contribution in [0.5, 0.6) is 5.75 Å². The molecular weight excluding hydrogens is 188 g/mol. The minimum absolute atomic E-state index is 0.0411. The lowest BCUT2D eigenvalue weighted by Crippen LogP contribution is -2.24. The normalized spacial score (nSPS) is 9.57. The average molecular weight is 198 g/mol. The highest BCUT2D eigenvalue weighted by molar-refractivity contribution is 5.94. The summed E-state index contributed by atoms with van der Waals surface area (Å²) in [6, 6.07) is 0. The number of hydrogen-bond donors (Lipinski definition) is 2. The summed E-state index contributed by atoms with van der Waals surface area (Å²) in [5, 5.41) is 5.97. The molecule has 0 bridgehead atoms. The van der Waals surface area contributed by atoms with E-state index in [1.54, 1.807) is 0 Å². The molecule has 0 saturated carbocycles. The van der Waals surface area contributed by atoms with Gasteiger partial charge in [-0.2, -0.15) is 5.10 Å². The Balaban J connectivity index is 2.98. The first kappa shape index (κ1) is 10.0. The van der Waals surface area contributed by atoms with Crippen LogP contribution in [0.2, 0.25) is 0 Å². The van der Waals surface area contributed by atoms with E-state index in [2.05, 4.69) is 10.4 Å². The second kappa shape index (κ2) is 3.77. The van der Waals surface area contributed by atoms with E-state index in [9.17, 15) is 9.59 Å². The maximum Gasteiger partial charge on any atom is 0.412 e. The van der Waals surface area contributed by atoms with Crippen LogP contribution in [0.15, 0.2) is 6.20 Å². The quantitative estimate of drug-likeness (QED) is 0.652. The van der Waals surface area contributed by atoms with Crippen molar-refractivity contribution in [3.63, 3.8) is 0 Å². The van der Waals surface area contributed by atoms with Crippen LogP contribution in [0, 0.1) is 0 Å². The lowest BCUT2D eigenvalue weighted by molar-refractivity contribution is 0.0989. The number of nitrogens with one attached hydrogen (secondary N) is 1. The second-order valence-corrected chi connectivity index (χ2v) is 2.48. The van der Waals surface area contributed by atoms with Crippen LogP contribution < -0.4 is 15.8 Å². The number of aromatic nitrogens is 2. The lowest BCUT2D eigenvalue weighted by atomic mass is 10.4. The fraction of sp³-hybridized carbons (Fsp3) is 0.286. The van der Waals surface area contributed by atoms with E-state index >= 15 is 0 Å². The van der Waals surface area contributed by atoms with Crippen LogP contribution in [0.25, 0.3) is 0 Å². The molecule has 0 aromatic carbocycles. The van der Waals surface area contributed by atoms with Gasteiger partial charge in [0.2, 0.25) is 0 Å². The van der Waals surface area contributed by atoms with Gasteiger partial charge in [-0.25, -0.2) is 4.79 Å². The molecule has 3 N–H and O–H groups in total. The van der Waals surface area contributed by atoms with Gasteiger partial charge in [-0.05, 0) is 0 Å². The number of primary amides is 1. The van der Waals surface area contributed by atoms with Crippen molar-refractivity contribution in [1.82, 2.24) is 15.1 Å². The number of nitrogens with zero attached hydrogens (tertiary/aromatic N) is 2. The van der Waals surface area contributed by atoms with E-state index in [0.717, 1.165) is 0 Å². The summed E-state index contributed by atoms with van der Waals surface area (Å²) in [5.41, 5.74) is 5.12. The first-order chi connectivity index (χ1) is 6.56. The fourth-order valence-electron chi connectivity index (χ4n) is 0.924. The summed E-state index contributed by atoms with van der Waals surface area (Å²) in [5.74, 6) is -0.664. The van der Waals surface area contributed by atoms with Crippen LogP contribution in [0.4, 0.5) is 4.79 Å². The molecular formula is C7H10N4O3.